The summed E-state index contributed by atoms with van der Waals surface area (Å²) in [7, 11) is 1.76. The number of hydrogen-bond acceptors (Lipinski definition) is 7. The van der Waals surface area contributed by atoms with Crippen LogP contribution in [0.3, 0.4) is 0 Å². The van der Waals surface area contributed by atoms with Crippen LogP contribution in [0.1, 0.15) is 19.7 Å². The third kappa shape index (κ3) is 3.76. The number of hydrogen-bond donors (Lipinski definition) is 1. The SMILES string of the molecule is CC(C)CNc1nnc(SCc2nc3ccccc3c(=O)n2C)s1. The number of para-hydroxylation sites is 1. The lowest BCUT2D eigenvalue weighted by molar-refractivity contribution is 0.687. The quantitative estimate of drug-likeness (QED) is 0.680. The summed E-state index contributed by atoms with van der Waals surface area (Å²) in [5.74, 6) is 1.87. The topological polar surface area (TPSA) is 72.7 Å². The molecule has 0 bridgehead atoms. The minimum absolute atomic E-state index is 0.0206. The molecule has 0 aliphatic rings. The van der Waals surface area contributed by atoms with Crippen LogP contribution in [-0.4, -0.2) is 26.3 Å². The summed E-state index contributed by atoms with van der Waals surface area (Å²) in [5.41, 5.74) is 0.709. The van der Waals surface area contributed by atoms with E-state index in [2.05, 4.69) is 34.3 Å². The van der Waals surface area contributed by atoms with Crippen LogP contribution in [0.2, 0.25) is 0 Å². The van der Waals surface area contributed by atoms with Crippen molar-refractivity contribution < 1.29 is 0 Å². The van der Waals surface area contributed by atoms with Gasteiger partial charge in [-0.1, -0.05) is 49.1 Å². The average Bonchev–Trinajstić information content (AvgIpc) is 3.03. The van der Waals surface area contributed by atoms with E-state index in [0.717, 1.165) is 27.4 Å². The van der Waals surface area contributed by atoms with E-state index in [9.17, 15) is 4.79 Å². The third-order valence-electron chi connectivity index (χ3n) is 3.47. The fraction of sp³-hybridized carbons (Fsp3) is 0.375. The Morgan fingerprint density at radius 3 is 2.88 bits per heavy atom. The summed E-state index contributed by atoms with van der Waals surface area (Å²) in [6.07, 6.45) is 0. The van der Waals surface area contributed by atoms with Crippen molar-refractivity contribution in [1.29, 1.82) is 0 Å². The van der Waals surface area contributed by atoms with Gasteiger partial charge in [-0.3, -0.25) is 9.36 Å². The van der Waals surface area contributed by atoms with Crippen LogP contribution in [0.25, 0.3) is 10.9 Å². The highest BCUT2D eigenvalue weighted by Gasteiger charge is 2.10. The van der Waals surface area contributed by atoms with Gasteiger partial charge in [0.1, 0.15) is 5.82 Å². The second kappa shape index (κ2) is 7.31. The molecule has 6 nitrogen and oxygen atoms in total. The van der Waals surface area contributed by atoms with Crippen LogP contribution in [0, 0.1) is 5.92 Å². The van der Waals surface area contributed by atoms with Gasteiger partial charge in [0.25, 0.3) is 5.56 Å². The molecule has 3 aromatic rings. The number of benzene rings is 1. The molecule has 0 unspecified atom stereocenters. The number of nitrogens with zero attached hydrogens (tertiary/aromatic N) is 4. The van der Waals surface area contributed by atoms with Gasteiger partial charge in [0.2, 0.25) is 5.13 Å². The lowest BCUT2D eigenvalue weighted by atomic mass is 10.2. The predicted molar refractivity (Wildman–Crippen MR) is 99.8 cm³/mol. The van der Waals surface area contributed by atoms with E-state index in [0.29, 0.717) is 17.1 Å². The Balaban J connectivity index is 1.74. The van der Waals surface area contributed by atoms with Crippen LogP contribution in [-0.2, 0) is 12.8 Å². The Hall–Kier alpha value is -1.93. The summed E-state index contributed by atoms with van der Waals surface area (Å²) in [6.45, 7) is 5.17. The molecule has 0 amide bonds. The third-order valence-corrected chi connectivity index (χ3v) is 5.48. The fourth-order valence-electron chi connectivity index (χ4n) is 2.15. The van der Waals surface area contributed by atoms with Crippen molar-refractivity contribution in [3.05, 3.63) is 40.4 Å². The highest BCUT2D eigenvalue weighted by Crippen LogP contribution is 2.28. The molecule has 1 N–H and O–H groups in total. The summed E-state index contributed by atoms with van der Waals surface area (Å²) in [4.78, 5) is 17.0. The molecule has 24 heavy (non-hydrogen) atoms. The minimum Gasteiger partial charge on any atom is -0.360 e. The van der Waals surface area contributed by atoms with Crippen molar-refractivity contribution in [2.75, 3.05) is 11.9 Å². The van der Waals surface area contributed by atoms with Gasteiger partial charge < -0.3 is 5.32 Å². The van der Waals surface area contributed by atoms with Crippen molar-refractivity contribution in [3.8, 4) is 0 Å². The molecule has 0 atom stereocenters. The Labute approximate surface area is 148 Å². The monoisotopic (exact) mass is 361 g/mol. The number of anilines is 1. The first-order valence-electron chi connectivity index (χ1n) is 7.69. The highest BCUT2D eigenvalue weighted by atomic mass is 32.2. The highest BCUT2D eigenvalue weighted by molar-refractivity contribution is 8.00. The van der Waals surface area contributed by atoms with E-state index in [1.807, 2.05) is 18.2 Å². The molecule has 2 heterocycles. The molecule has 0 saturated carbocycles. The first kappa shape index (κ1) is 16.9. The maximum atomic E-state index is 12.4. The molecule has 0 saturated heterocycles. The summed E-state index contributed by atoms with van der Waals surface area (Å²) >= 11 is 3.06. The zero-order chi connectivity index (χ0) is 17.1. The number of aromatic nitrogens is 4. The van der Waals surface area contributed by atoms with Crippen LogP contribution in [0.5, 0.6) is 0 Å². The molecule has 1 aromatic carbocycles. The Morgan fingerprint density at radius 2 is 2.08 bits per heavy atom. The Morgan fingerprint density at radius 1 is 1.29 bits per heavy atom. The number of rotatable bonds is 6. The lowest BCUT2D eigenvalue weighted by Crippen LogP contribution is -2.21. The van der Waals surface area contributed by atoms with Gasteiger partial charge in [0.15, 0.2) is 4.34 Å². The van der Waals surface area contributed by atoms with E-state index in [1.54, 1.807) is 29.4 Å². The van der Waals surface area contributed by atoms with Crippen LogP contribution < -0.4 is 10.9 Å². The van der Waals surface area contributed by atoms with Gasteiger partial charge in [0.05, 0.1) is 16.7 Å². The molecule has 0 aliphatic carbocycles. The zero-order valence-corrected chi connectivity index (χ0v) is 15.4. The molecular formula is C16H19N5OS2. The van der Waals surface area contributed by atoms with Gasteiger partial charge in [-0.15, -0.1) is 10.2 Å². The van der Waals surface area contributed by atoms with E-state index >= 15 is 0 Å². The normalized spacial score (nSPS) is 11.3. The maximum Gasteiger partial charge on any atom is 0.261 e. The van der Waals surface area contributed by atoms with Gasteiger partial charge >= 0.3 is 0 Å². The van der Waals surface area contributed by atoms with Gasteiger partial charge in [-0.2, -0.15) is 0 Å². The maximum absolute atomic E-state index is 12.4. The Bertz CT molecular complexity index is 903. The van der Waals surface area contributed by atoms with E-state index in [1.165, 1.54) is 11.3 Å². The largest absolute Gasteiger partial charge is 0.360 e. The average molecular weight is 361 g/mol. The minimum atomic E-state index is -0.0206. The van der Waals surface area contributed by atoms with Gasteiger partial charge in [-0.05, 0) is 18.1 Å². The summed E-state index contributed by atoms with van der Waals surface area (Å²) in [6, 6.07) is 7.42. The zero-order valence-electron chi connectivity index (χ0n) is 13.8. The standard InChI is InChI=1S/C16H19N5OS2/c1-10(2)8-17-15-19-20-16(24-15)23-9-13-18-12-7-5-4-6-11(12)14(22)21(13)3/h4-7,10H,8-9H2,1-3H3,(H,17,19). The lowest BCUT2D eigenvalue weighted by Gasteiger charge is -2.07. The van der Waals surface area contributed by atoms with Crippen LogP contribution in [0.4, 0.5) is 5.13 Å². The molecule has 0 radical (unpaired) electrons. The molecule has 8 heteroatoms. The molecule has 0 spiro atoms. The predicted octanol–water partition coefficient (Wildman–Crippen LogP) is 3.15. The smallest absolute Gasteiger partial charge is 0.261 e. The molecule has 0 aliphatic heterocycles. The number of nitrogens with one attached hydrogen (secondary N) is 1. The second-order valence-electron chi connectivity index (χ2n) is 5.85. The fourth-order valence-corrected chi connectivity index (χ4v) is 3.89. The van der Waals surface area contributed by atoms with E-state index in [4.69, 9.17) is 0 Å². The number of fused-ring (bicyclic) bond motifs is 1. The number of thioether (sulfide) groups is 1. The van der Waals surface area contributed by atoms with Crippen molar-refractivity contribution in [2.45, 2.75) is 23.9 Å². The van der Waals surface area contributed by atoms with Crippen molar-refractivity contribution in [3.63, 3.8) is 0 Å². The van der Waals surface area contributed by atoms with Crippen LogP contribution in [0.15, 0.2) is 33.4 Å². The molecular weight excluding hydrogens is 342 g/mol. The Kier molecular flexibility index (Phi) is 5.15. The van der Waals surface area contributed by atoms with Gasteiger partial charge in [-0.25, -0.2) is 4.98 Å². The van der Waals surface area contributed by atoms with Gasteiger partial charge in [0, 0.05) is 13.6 Å². The molecule has 2 aromatic heterocycles. The molecule has 0 fully saturated rings. The summed E-state index contributed by atoms with van der Waals surface area (Å²) < 4.78 is 2.47. The molecule has 3 rings (SSSR count). The van der Waals surface area contributed by atoms with Crippen molar-refractivity contribution >= 4 is 39.1 Å². The molecule has 126 valence electrons. The second-order valence-corrected chi connectivity index (χ2v) is 8.05. The summed E-state index contributed by atoms with van der Waals surface area (Å²) in [5, 5.41) is 13.1. The van der Waals surface area contributed by atoms with Crippen molar-refractivity contribution in [1.82, 2.24) is 19.7 Å². The van der Waals surface area contributed by atoms with E-state index in [-0.39, 0.29) is 5.56 Å². The first-order valence-corrected chi connectivity index (χ1v) is 9.49. The van der Waals surface area contributed by atoms with Crippen LogP contribution >= 0.6 is 23.1 Å². The van der Waals surface area contributed by atoms with E-state index < -0.39 is 0 Å². The van der Waals surface area contributed by atoms with Crippen molar-refractivity contribution in [2.24, 2.45) is 13.0 Å². The first-order chi connectivity index (χ1) is 11.5.